The fourth-order valence-electron chi connectivity index (χ4n) is 4.75. The molecule has 9 nitrogen and oxygen atoms in total. The normalized spacial score (nSPS) is 16.6. The molecule has 2 aliphatic heterocycles. The highest BCUT2D eigenvalue weighted by Gasteiger charge is 2.53. The predicted molar refractivity (Wildman–Crippen MR) is 133 cm³/mol. The number of ether oxygens (including phenoxy) is 3. The van der Waals surface area contributed by atoms with Gasteiger partial charge in [0.1, 0.15) is 23.0 Å². The van der Waals surface area contributed by atoms with Gasteiger partial charge in [0.25, 0.3) is 0 Å². The molecule has 1 spiro atoms. The van der Waals surface area contributed by atoms with Crippen molar-refractivity contribution in [1.82, 2.24) is 0 Å². The average Bonchev–Trinajstić information content (AvgIpc) is 3.16. The van der Waals surface area contributed by atoms with Crippen molar-refractivity contribution in [2.45, 2.75) is 5.60 Å². The smallest absolute Gasteiger partial charge is 0.345 e. The number of rotatable bonds is 3. The number of aromatic hydroxyl groups is 1. The fraction of sp³-hybridized carbons (Fsp3) is 0.0357. The van der Waals surface area contributed by atoms with E-state index in [1.165, 1.54) is 18.2 Å². The van der Waals surface area contributed by atoms with Crippen LogP contribution >= 0.6 is 0 Å². The summed E-state index contributed by atoms with van der Waals surface area (Å²) in [7, 11) is 0. The minimum atomic E-state index is -1.30. The number of aliphatic imine (C=N–C) groups is 1. The van der Waals surface area contributed by atoms with Crippen molar-refractivity contribution in [2.75, 3.05) is 0 Å². The van der Waals surface area contributed by atoms with Crippen LogP contribution in [0.2, 0.25) is 0 Å². The molecule has 1 unspecified atom stereocenters. The highest BCUT2D eigenvalue weighted by molar-refractivity contribution is 5.98. The first kappa shape index (κ1) is 22.2. The summed E-state index contributed by atoms with van der Waals surface area (Å²) in [5.74, 6) is -0.588. The molecule has 5 N–H and O–H groups in total. The van der Waals surface area contributed by atoms with Gasteiger partial charge < -0.3 is 30.8 Å². The quantitative estimate of drug-likeness (QED) is 0.167. The molecule has 0 saturated heterocycles. The first-order valence-electron chi connectivity index (χ1n) is 11.3. The third-order valence-corrected chi connectivity index (χ3v) is 6.25. The van der Waals surface area contributed by atoms with Crippen molar-refractivity contribution >= 4 is 23.6 Å². The first-order chi connectivity index (χ1) is 17.9. The summed E-state index contributed by atoms with van der Waals surface area (Å²) in [4.78, 5) is 29.8. The summed E-state index contributed by atoms with van der Waals surface area (Å²) >= 11 is 0. The van der Waals surface area contributed by atoms with Crippen LogP contribution in [0, 0.1) is 0 Å². The Bertz CT molecular complexity index is 1640. The highest BCUT2D eigenvalue weighted by atomic mass is 16.6. The molecule has 1 atom stereocenters. The van der Waals surface area contributed by atoms with Gasteiger partial charge in [-0.3, -0.25) is 0 Å². The molecule has 9 heteroatoms. The maximum absolute atomic E-state index is 13.0. The molecule has 2 heterocycles. The Hall–Kier alpha value is -5.31. The van der Waals surface area contributed by atoms with Crippen molar-refractivity contribution in [1.29, 1.82) is 0 Å². The van der Waals surface area contributed by atoms with E-state index in [1.807, 2.05) is 12.1 Å². The van der Waals surface area contributed by atoms with E-state index in [-0.39, 0.29) is 28.7 Å². The number of para-hydroxylation sites is 1. The van der Waals surface area contributed by atoms with Gasteiger partial charge in [0.15, 0.2) is 11.6 Å². The zero-order valence-electron chi connectivity index (χ0n) is 19.2. The highest BCUT2D eigenvalue weighted by Crippen LogP contribution is 2.56. The van der Waals surface area contributed by atoms with Gasteiger partial charge in [-0.05, 0) is 42.5 Å². The lowest BCUT2D eigenvalue weighted by Gasteiger charge is -2.36. The Balaban J connectivity index is 1.45. The number of nitrogens with two attached hydrogens (primary N) is 2. The van der Waals surface area contributed by atoms with E-state index in [0.29, 0.717) is 33.8 Å². The number of phenols is 1. The summed E-state index contributed by atoms with van der Waals surface area (Å²) in [5.41, 5.74) is 12.3. The van der Waals surface area contributed by atoms with Gasteiger partial charge in [0.05, 0.1) is 16.8 Å². The Morgan fingerprint density at radius 1 is 0.865 bits per heavy atom. The minimum Gasteiger partial charge on any atom is -0.508 e. The third kappa shape index (κ3) is 3.44. The molecule has 6 rings (SSSR count). The largest absolute Gasteiger partial charge is 0.508 e. The van der Waals surface area contributed by atoms with E-state index in [4.69, 9.17) is 25.7 Å². The van der Waals surface area contributed by atoms with Crippen molar-refractivity contribution in [3.05, 3.63) is 113 Å². The van der Waals surface area contributed by atoms with Crippen LogP contribution < -0.4 is 20.9 Å². The lowest BCUT2D eigenvalue weighted by Crippen LogP contribution is -2.33. The van der Waals surface area contributed by atoms with Gasteiger partial charge in [0, 0.05) is 28.8 Å². The van der Waals surface area contributed by atoms with Crippen LogP contribution in [0.25, 0.3) is 0 Å². The second kappa shape index (κ2) is 8.13. The first-order valence-corrected chi connectivity index (χ1v) is 11.3. The van der Waals surface area contributed by atoms with Crippen molar-refractivity contribution in [2.24, 2.45) is 16.5 Å². The molecular formula is C28H19N3O6. The lowest BCUT2D eigenvalue weighted by molar-refractivity contribution is 0.0224. The number of fused-ring (bicyclic) bond motifs is 6. The number of carbonyl (C=O) groups is 2. The molecule has 37 heavy (non-hydrogen) atoms. The second-order valence-corrected chi connectivity index (χ2v) is 8.50. The Morgan fingerprint density at radius 3 is 2.38 bits per heavy atom. The van der Waals surface area contributed by atoms with E-state index in [0.717, 1.165) is 0 Å². The molecule has 0 saturated carbocycles. The maximum Gasteiger partial charge on any atom is 0.345 e. The zero-order chi connectivity index (χ0) is 25.7. The minimum absolute atomic E-state index is 0.0196. The summed E-state index contributed by atoms with van der Waals surface area (Å²) in [6.45, 7) is 0. The van der Waals surface area contributed by atoms with E-state index >= 15 is 0 Å². The second-order valence-electron chi connectivity index (χ2n) is 8.50. The van der Waals surface area contributed by atoms with Gasteiger partial charge in [-0.2, -0.15) is 0 Å². The Morgan fingerprint density at radius 2 is 1.57 bits per heavy atom. The average molecular weight is 493 g/mol. The number of hydrogen-bond donors (Lipinski definition) is 3. The number of hydrogen-bond acceptors (Lipinski definition) is 7. The molecule has 0 amide bonds. The molecule has 0 radical (unpaired) electrons. The SMILES string of the molecule is NC(N)=Nc1ccccc1C(=O)Oc1ccc2c(c1)Oc1cc(O)ccc1C21OC(=O)c2ccccc21. The molecule has 0 aromatic heterocycles. The van der Waals surface area contributed by atoms with E-state index in [1.54, 1.807) is 54.6 Å². The van der Waals surface area contributed by atoms with Crippen LogP contribution in [-0.2, 0) is 10.3 Å². The van der Waals surface area contributed by atoms with Crippen LogP contribution in [0.1, 0.15) is 37.4 Å². The number of nitrogens with zero attached hydrogens (tertiary/aromatic N) is 1. The van der Waals surface area contributed by atoms with Crippen molar-refractivity contribution < 1.29 is 28.9 Å². The number of guanidine groups is 1. The van der Waals surface area contributed by atoms with Gasteiger partial charge in [0.2, 0.25) is 0 Å². The van der Waals surface area contributed by atoms with Crippen LogP contribution in [0.15, 0.2) is 89.9 Å². The summed E-state index contributed by atoms with van der Waals surface area (Å²) in [6.07, 6.45) is 0. The summed E-state index contributed by atoms with van der Waals surface area (Å²) in [6, 6.07) is 23.0. The van der Waals surface area contributed by atoms with Crippen molar-refractivity contribution in [3.8, 4) is 23.0 Å². The molecule has 182 valence electrons. The number of carbonyl (C=O) groups excluding carboxylic acids is 2. The Kier molecular flexibility index (Phi) is 4.87. The van der Waals surface area contributed by atoms with Crippen LogP contribution in [0.5, 0.6) is 23.0 Å². The molecule has 4 aromatic rings. The van der Waals surface area contributed by atoms with Gasteiger partial charge >= 0.3 is 11.9 Å². The molecular weight excluding hydrogens is 474 g/mol. The lowest BCUT2D eigenvalue weighted by atomic mass is 9.77. The molecule has 0 aliphatic carbocycles. The van der Waals surface area contributed by atoms with Gasteiger partial charge in [-0.1, -0.05) is 30.3 Å². The molecule has 4 aromatic carbocycles. The topological polar surface area (TPSA) is 146 Å². The molecule has 2 aliphatic rings. The Labute approximate surface area is 210 Å². The summed E-state index contributed by atoms with van der Waals surface area (Å²) < 4.78 is 17.8. The van der Waals surface area contributed by atoms with E-state index in [2.05, 4.69) is 4.99 Å². The number of phenolic OH excluding ortho intramolecular Hbond substituents is 1. The van der Waals surface area contributed by atoms with Crippen LogP contribution in [0.3, 0.4) is 0 Å². The van der Waals surface area contributed by atoms with Gasteiger partial charge in [-0.15, -0.1) is 0 Å². The molecule has 0 fully saturated rings. The predicted octanol–water partition coefficient (Wildman–Crippen LogP) is 4.08. The van der Waals surface area contributed by atoms with Crippen molar-refractivity contribution in [3.63, 3.8) is 0 Å². The maximum atomic E-state index is 13.0. The summed E-state index contributed by atoms with van der Waals surface area (Å²) in [5, 5.41) is 10.1. The van der Waals surface area contributed by atoms with E-state index in [9.17, 15) is 14.7 Å². The zero-order valence-corrected chi connectivity index (χ0v) is 19.2. The van der Waals surface area contributed by atoms with Crippen LogP contribution in [0.4, 0.5) is 5.69 Å². The third-order valence-electron chi connectivity index (χ3n) is 6.25. The standard InChI is InChI=1S/C28H19N3O6/c29-27(30)31-22-8-4-2-6-18(22)25(33)35-16-10-12-21-24(14-16)36-23-13-15(32)9-11-20(23)28(21)19-7-3-1-5-17(19)26(34)37-28/h1-14,32H,(H4,29,30,31). The molecule has 0 bridgehead atoms. The van der Waals surface area contributed by atoms with Gasteiger partial charge in [-0.25, -0.2) is 14.6 Å². The van der Waals surface area contributed by atoms with Crippen LogP contribution in [-0.4, -0.2) is 23.0 Å². The van der Waals surface area contributed by atoms with E-state index < -0.39 is 17.5 Å². The monoisotopic (exact) mass is 493 g/mol. The fourth-order valence-corrected chi connectivity index (χ4v) is 4.75. The number of benzene rings is 4. The number of esters is 2.